The Morgan fingerprint density at radius 3 is 3.00 bits per heavy atom. The van der Waals surface area contributed by atoms with Crippen LogP contribution in [0.15, 0.2) is 12.3 Å². The molecule has 0 saturated carbocycles. The summed E-state index contributed by atoms with van der Waals surface area (Å²) in [4.78, 5) is 39.6. The number of rotatable bonds is 3. The predicted molar refractivity (Wildman–Crippen MR) is 74.0 cm³/mol. The summed E-state index contributed by atoms with van der Waals surface area (Å²) < 4.78 is 0. The first-order chi connectivity index (χ1) is 9.95. The number of piperazine rings is 1. The molecule has 1 aromatic heterocycles. The van der Waals surface area contributed by atoms with Gasteiger partial charge >= 0.3 is 0 Å². The summed E-state index contributed by atoms with van der Waals surface area (Å²) in [5.41, 5.74) is -0.585. The number of halogens is 1. The van der Waals surface area contributed by atoms with Crippen molar-refractivity contribution in [2.24, 2.45) is 0 Å². The van der Waals surface area contributed by atoms with E-state index in [0.29, 0.717) is 19.5 Å². The van der Waals surface area contributed by atoms with Crippen molar-refractivity contribution in [1.29, 1.82) is 0 Å². The van der Waals surface area contributed by atoms with E-state index in [1.165, 1.54) is 4.90 Å². The van der Waals surface area contributed by atoms with Crippen LogP contribution in [-0.2, 0) is 4.79 Å². The number of amides is 2. The number of carbonyl (C=O) groups is 2. The van der Waals surface area contributed by atoms with Crippen LogP contribution < -0.4 is 5.32 Å². The maximum Gasteiger partial charge on any atom is 0.300 e. The van der Waals surface area contributed by atoms with E-state index < -0.39 is 22.6 Å². The van der Waals surface area contributed by atoms with Gasteiger partial charge in [0.25, 0.3) is 11.6 Å². The Kier molecular flexibility index (Phi) is 4.37. The van der Waals surface area contributed by atoms with Crippen LogP contribution in [0, 0.1) is 10.1 Å². The second-order valence-corrected chi connectivity index (χ2v) is 4.88. The fourth-order valence-electron chi connectivity index (χ4n) is 2.26. The lowest BCUT2D eigenvalue weighted by atomic mass is 10.1. The Morgan fingerprint density at radius 2 is 2.38 bits per heavy atom. The second kappa shape index (κ2) is 6.04. The maximum absolute atomic E-state index is 12.5. The lowest BCUT2D eigenvalue weighted by Gasteiger charge is -2.34. The van der Waals surface area contributed by atoms with E-state index in [0.717, 1.165) is 12.3 Å². The normalized spacial score (nSPS) is 18.3. The Morgan fingerprint density at radius 1 is 1.67 bits per heavy atom. The lowest BCUT2D eigenvalue weighted by molar-refractivity contribution is -0.385. The number of nitro groups is 1. The Labute approximate surface area is 125 Å². The number of carbonyl (C=O) groups excluding carboxylic acids is 2. The average molecular weight is 313 g/mol. The van der Waals surface area contributed by atoms with Gasteiger partial charge in [0.1, 0.15) is 23.0 Å². The van der Waals surface area contributed by atoms with Crippen molar-refractivity contribution in [2.45, 2.75) is 19.4 Å². The van der Waals surface area contributed by atoms with Gasteiger partial charge < -0.3 is 10.2 Å². The molecule has 21 heavy (non-hydrogen) atoms. The van der Waals surface area contributed by atoms with Crippen LogP contribution in [0.5, 0.6) is 0 Å². The van der Waals surface area contributed by atoms with Gasteiger partial charge in [-0.05, 0) is 12.5 Å². The molecule has 0 aromatic carbocycles. The largest absolute Gasteiger partial charge is 0.353 e. The quantitative estimate of drug-likeness (QED) is 0.509. The summed E-state index contributed by atoms with van der Waals surface area (Å²) in [5, 5.41) is 13.7. The van der Waals surface area contributed by atoms with Gasteiger partial charge in [-0.1, -0.05) is 18.5 Å². The van der Waals surface area contributed by atoms with Crippen LogP contribution >= 0.6 is 11.6 Å². The van der Waals surface area contributed by atoms with Gasteiger partial charge in [0.15, 0.2) is 0 Å². The van der Waals surface area contributed by atoms with Crippen molar-refractivity contribution in [3.8, 4) is 0 Å². The molecule has 1 atom stereocenters. The molecule has 0 bridgehead atoms. The Hall–Kier alpha value is -2.22. The summed E-state index contributed by atoms with van der Waals surface area (Å²) in [6, 6.07) is 0.513. The molecule has 0 radical (unpaired) electrons. The van der Waals surface area contributed by atoms with E-state index in [4.69, 9.17) is 11.6 Å². The highest BCUT2D eigenvalue weighted by molar-refractivity contribution is 6.29. The number of hydrogen-bond acceptors (Lipinski definition) is 5. The first-order valence-electron chi connectivity index (χ1n) is 6.34. The van der Waals surface area contributed by atoms with E-state index in [1.54, 1.807) is 6.92 Å². The molecule has 9 heteroatoms. The highest BCUT2D eigenvalue weighted by Crippen LogP contribution is 2.24. The van der Waals surface area contributed by atoms with Gasteiger partial charge in [-0.25, -0.2) is 4.98 Å². The SMILES string of the molecule is CCC1C(=O)NCCN1C(=O)c1cc(Cl)ncc1[N+](=O)[O-]. The third kappa shape index (κ3) is 2.94. The molecule has 2 amide bonds. The molecule has 1 fully saturated rings. The molecular formula is C12H13ClN4O4. The van der Waals surface area contributed by atoms with Crippen molar-refractivity contribution < 1.29 is 14.5 Å². The van der Waals surface area contributed by atoms with E-state index in [1.807, 2.05) is 0 Å². The number of nitrogens with one attached hydrogen (secondary N) is 1. The monoisotopic (exact) mass is 312 g/mol. The van der Waals surface area contributed by atoms with Crippen molar-refractivity contribution in [1.82, 2.24) is 15.2 Å². The highest BCUT2D eigenvalue weighted by Gasteiger charge is 2.35. The summed E-state index contributed by atoms with van der Waals surface area (Å²) in [5.74, 6) is -0.854. The summed E-state index contributed by atoms with van der Waals surface area (Å²) >= 11 is 5.72. The number of aromatic nitrogens is 1. The Balaban J connectivity index is 2.41. The van der Waals surface area contributed by atoms with Gasteiger partial charge in [-0.15, -0.1) is 0 Å². The topological polar surface area (TPSA) is 105 Å². The maximum atomic E-state index is 12.5. The third-order valence-corrected chi connectivity index (χ3v) is 3.46. The lowest BCUT2D eigenvalue weighted by Crippen LogP contribution is -2.56. The molecule has 0 aliphatic carbocycles. The molecule has 0 spiro atoms. The van der Waals surface area contributed by atoms with Crippen LogP contribution in [-0.4, -0.2) is 45.8 Å². The molecule has 1 N–H and O–H groups in total. The first kappa shape index (κ1) is 15.2. The van der Waals surface area contributed by atoms with E-state index in [2.05, 4.69) is 10.3 Å². The molecule has 1 aliphatic rings. The average Bonchev–Trinajstić information content (AvgIpc) is 2.45. The molecular weight excluding hydrogens is 300 g/mol. The van der Waals surface area contributed by atoms with Gasteiger partial charge in [-0.2, -0.15) is 0 Å². The molecule has 1 unspecified atom stereocenters. The number of hydrogen-bond donors (Lipinski definition) is 1. The van der Waals surface area contributed by atoms with E-state index in [-0.39, 0.29) is 16.6 Å². The third-order valence-electron chi connectivity index (χ3n) is 3.26. The van der Waals surface area contributed by atoms with Crippen LogP contribution in [0.1, 0.15) is 23.7 Å². The smallest absolute Gasteiger partial charge is 0.300 e. The fraction of sp³-hybridized carbons (Fsp3) is 0.417. The van der Waals surface area contributed by atoms with Crippen molar-refractivity contribution in [2.75, 3.05) is 13.1 Å². The summed E-state index contributed by atoms with van der Waals surface area (Å²) in [6.45, 7) is 2.37. The summed E-state index contributed by atoms with van der Waals surface area (Å²) in [7, 11) is 0. The molecule has 2 rings (SSSR count). The van der Waals surface area contributed by atoms with Gasteiger partial charge in [0.05, 0.1) is 4.92 Å². The minimum absolute atomic E-state index is 0.0153. The van der Waals surface area contributed by atoms with E-state index in [9.17, 15) is 19.7 Å². The zero-order chi connectivity index (χ0) is 15.6. The molecule has 1 aromatic rings. The highest BCUT2D eigenvalue weighted by atomic mass is 35.5. The minimum Gasteiger partial charge on any atom is -0.353 e. The van der Waals surface area contributed by atoms with Gasteiger partial charge in [0, 0.05) is 13.1 Å². The van der Waals surface area contributed by atoms with Gasteiger partial charge in [0.2, 0.25) is 5.91 Å². The molecule has 2 heterocycles. The van der Waals surface area contributed by atoms with Crippen LogP contribution in [0.2, 0.25) is 5.15 Å². The number of pyridine rings is 1. The second-order valence-electron chi connectivity index (χ2n) is 4.49. The first-order valence-corrected chi connectivity index (χ1v) is 6.72. The zero-order valence-corrected chi connectivity index (χ0v) is 12.0. The fourth-order valence-corrected chi connectivity index (χ4v) is 2.42. The molecule has 1 aliphatic heterocycles. The van der Waals surface area contributed by atoms with Gasteiger partial charge in [-0.3, -0.25) is 19.7 Å². The van der Waals surface area contributed by atoms with Crippen LogP contribution in [0.3, 0.4) is 0 Å². The molecule has 112 valence electrons. The van der Waals surface area contributed by atoms with Crippen LogP contribution in [0.25, 0.3) is 0 Å². The van der Waals surface area contributed by atoms with Crippen LogP contribution in [0.4, 0.5) is 5.69 Å². The Bertz CT molecular complexity index is 607. The van der Waals surface area contributed by atoms with Crippen molar-refractivity contribution >= 4 is 29.1 Å². The van der Waals surface area contributed by atoms with E-state index >= 15 is 0 Å². The molecule has 8 nitrogen and oxygen atoms in total. The standard InChI is InChI=1S/C12H13ClN4O4/c1-2-8-11(18)14-3-4-16(8)12(19)7-5-10(13)15-6-9(7)17(20)21/h5-6,8H,2-4H2,1H3,(H,14,18). The number of nitrogens with zero attached hydrogens (tertiary/aromatic N) is 3. The van der Waals surface area contributed by atoms with Crippen molar-refractivity contribution in [3.05, 3.63) is 33.1 Å². The summed E-state index contributed by atoms with van der Waals surface area (Å²) in [6.07, 6.45) is 1.37. The van der Waals surface area contributed by atoms with Crippen molar-refractivity contribution in [3.63, 3.8) is 0 Å². The predicted octanol–water partition coefficient (Wildman–Crippen LogP) is 0.994. The molecule has 1 saturated heterocycles. The minimum atomic E-state index is -0.693. The zero-order valence-electron chi connectivity index (χ0n) is 11.2.